The van der Waals surface area contributed by atoms with Gasteiger partial charge in [-0.05, 0) is 49.8 Å². The van der Waals surface area contributed by atoms with Gasteiger partial charge in [-0.1, -0.05) is 18.2 Å². The van der Waals surface area contributed by atoms with E-state index in [1.807, 2.05) is 29.7 Å². The molecule has 0 bridgehead atoms. The maximum Gasteiger partial charge on any atom is 0.404 e. The second-order valence-corrected chi connectivity index (χ2v) is 9.09. The molecule has 1 aliphatic carbocycles. The Morgan fingerprint density at radius 1 is 1.22 bits per heavy atom. The number of aromatic nitrogens is 2. The summed E-state index contributed by atoms with van der Waals surface area (Å²) >= 11 is 0. The molecule has 1 atom stereocenters. The smallest absolute Gasteiger partial charge is 0.306 e. The molecule has 0 saturated carbocycles. The molecule has 32 heavy (non-hydrogen) atoms. The molecule has 0 fully saturated rings. The number of fused-ring (bicyclic) bond motifs is 1. The molecule has 0 saturated heterocycles. The lowest BCUT2D eigenvalue weighted by atomic mass is 10.1. The summed E-state index contributed by atoms with van der Waals surface area (Å²) in [5.74, 6) is 0. The van der Waals surface area contributed by atoms with Crippen molar-refractivity contribution in [2.45, 2.75) is 31.0 Å². The van der Waals surface area contributed by atoms with E-state index in [0.717, 1.165) is 23.8 Å². The topological polar surface area (TPSA) is 87.8 Å². The highest BCUT2D eigenvalue weighted by Gasteiger charge is 2.38. The zero-order valence-electron chi connectivity index (χ0n) is 17.0. The van der Waals surface area contributed by atoms with Crippen molar-refractivity contribution in [3.05, 3.63) is 66.0 Å². The molecular weight excluding hydrogens is 441 g/mol. The number of aryl methyl sites for hydroxylation is 1. The fourth-order valence-electron chi connectivity index (χ4n) is 3.44. The molecule has 0 radical (unpaired) electrons. The van der Waals surface area contributed by atoms with Gasteiger partial charge in [-0.15, -0.1) is 0 Å². The van der Waals surface area contributed by atoms with Gasteiger partial charge in [-0.3, -0.25) is 4.98 Å². The number of alkyl halides is 3. The van der Waals surface area contributed by atoms with Crippen LogP contribution < -0.4 is 4.72 Å². The third-order valence-electron chi connectivity index (χ3n) is 5.16. The number of hydrogen-bond donors (Lipinski definition) is 1. The second kappa shape index (κ2) is 7.62. The fourth-order valence-corrected chi connectivity index (χ4v) is 4.67. The molecule has 4 rings (SSSR count). The van der Waals surface area contributed by atoms with Crippen molar-refractivity contribution < 1.29 is 21.6 Å². The summed E-state index contributed by atoms with van der Waals surface area (Å²) < 4.78 is 66.6. The average Bonchev–Trinajstić information content (AvgIpc) is 2.99. The van der Waals surface area contributed by atoms with E-state index < -0.39 is 22.2 Å². The summed E-state index contributed by atoms with van der Waals surface area (Å²) in [6, 6.07) is 7.18. The largest absolute Gasteiger partial charge is 0.404 e. The minimum absolute atomic E-state index is 0.307. The number of nitrogens with zero attached hydrogens (tertiary/aromatic N) is 3. The first-order chi connectivity index (χ1) is 15.0. The van der Waals surface area contributed by atoms with Crippen LogP contribution >= 0.6 is 0 Å². The first kappa shape index (κ1) is 21.8. The first-order valence-electron chi connectivity index (χ1n) is 9.52. The van der Waals surface area contributed by atoms with Crippen molar-refractivity contribution in [2.24, 2.45) is 0 Å². The van der Waals surface area contributed by atoms with Gasteiger partial charge in [0.05, 0.1) is 27.9 Å². The quantitative estimate of drug-likeness (QED) is 0.609. The van der Waals surface area contributed by atoms with E-state index in [2.05, 4.69) is 11.1 Å². The highest BCUT2D eigenvalue weighted by atomic mass is 32.2. The number of halogens is 3. The van der Waals surface area contributed by atoms with Crippen LogP contribution in [0.5, 0.6) is 0 Å². The highest BCUT2D eigenvalue weighted by molar-refractivity contribution is 7.89. The van der Waals surface area contributed by atoms with Crippen molar-refractivity contribution >= 4 is 26.6 Å². The molecule has 1 aliphatic rings. The Morgan fingerprint density at radius 2 is 1.88 bits per heavy atom. The van der Waals surface area contributed by atoms with Crippen LogP contribution in [0.4, 0.5) is 13.2 Å². The zero-order chi connectivity index (χ0) is 23.3. The molecule has 1 aromatic carbocycles. The van der Waals surface area contributed by atoms with Crippen molar-refractivity contribution in [1.29, 1.82) is 5.26 Å². The van der Waals surface area contributed by atoms with Gasteiger partial charge >= 0.3 is 6.18 Å². The van der Waals surface area contributed by atoms with Gasteiger partial charge in [0.2, 0.25) is 10.0 Å². The number of nitrogens with one attached hydrogen (secondary N) is 1. The van der Waals surface area contributed by atoms with E-state index in [1.54, 1.807) is 17.0 Å². The Bertz CT molecular complexity index is 1430. The van der Waals surface area contributed by atoms with Crippen LogP contribution in [0.25, 0.3) is 27.9 Å². The number of sulfonamides is 1. The molecule has 2 aromatic heterocycles. The minimum atomic E-state index is -4.70. The summed E-state index contributed by atoms with van der Waals surface area (Å²) in [5, 5.41) is 10.6. The summed E-state index contributed by atoms with van der Waals surface area (Å²) in [4.78, 5) is 4.02. The van der Waals surface area contributed by atoms with Crippen molar-refractivity contribution in [3.8, 4) is 17.3 Å². The Balaban J connectivity index is 1.82. The molecule has 1 N–H and O–H groups in total. The van der Waals surface area contributed by atoms with E-state index in [0.29, 0.717) is 22.2 Å². The van der Waals surface area contributed by atoms with Gasteiger partial charge in [0.15, 0.2) is 0 Å². The Kier molecular flexibility index (Phi) is 5.19. The fraction of sp³-hybridized carbons (Fsp3) is 0.182. The van der Waals surface area contributed by atoms with Crippen molar-refractivity contribution in [3.63, 3.8) is 0 Å². The first-order valence-corrected chi connectivity index (χ1v) is 11.0. The van der Waals surface area contributed by atoms with Crippen LogP contribution in [-0.4, -0.2) is 30.2 Å². The summed E-state index contributed by atoms with van der Waals surface area (Å²) in [6.07, 6.45) is 2.55. The van der Waals surface area contributed by atoms with Gasteiger partial charge in [0, 0.05) is 16.8 Å². The van der Waals surface area contributed by atoms with E-state index in [-0.39, 0.29) is 4.90 Å². The van der Waals surface area contributed by atoms with E-state index in [4.69, 9.17) is 0 Å². The maximum absolute atomic E-state index is 12.8. The normalized spacial score (nSPS) is 14.7. The van der Waals surface area contributed by atoms with Gasteiger partial charge in [-0.25, -0.2) is 8.42 Å². The molecule has 3 aromatic rings. The molecular formula is C22H17F3N4O2S. The molecule has 0 aliphatic heterocycles. The lowest BCUT2D eigenvalue weighted by Gasteiger charge is -2.18. The predicted molar refractivity (Wildman–Crippen MR) is 114 cm³/mol. The van der Waals surface area contributed by atoms with Gasteiger partial charge < -0.3 is 4.57 Å². The Labute approximate surface area is 182 Å². The number of hydrogen-bond acceptors (Lipinski definition) is 4. The number of pyridine rings is 1. The number of benzene rings is 1. The van der Waals surface area contributed by atoms with Gasteiger partial charge in [0.25, 0.3) is 0 Å². The van der Waals surface area contributed by atoms with E-state index >= 15 is 0 Å². The molecule has 164 valence electrons. The molecule has 6 nitrogen and oxygen atoms in total. The Hall–Kier alpha value is -3.42. The molecule has 0 amide bonds. The lowest BCUT2D eigenvalue weighted by Crippen LogP contribution is -2.42. The molecule has 2 heterocycles. The SMILES string of the molecule is Cc1cc2c(C#N)c(-c3ccc(S(=O)(=O)NC(C)C(F)(F)F)cc3)n(C3=CC=C3)c2cn1. The Morgan fingerprint density at radius 3 is 2.41 bits per heavy atom. The second-order valence-electron chi connectivity index (χ2n) is 7.37. The third kappa shape index (κ3) is 3.70. The average molecular weight is 458 g/mol. The summed E-state index contributed by atoms with van der Waals surface area (Å²) in [5.41, 5.74) is 3.77. The van der Waals surface area contributed by atoms with Crippen LogP contribution in [0.2, 0.25) is 0 Å². The predicted octanol–water partition coefficient (Wildman–Crippen LogP) is 4.52. The van der Waals surface area contributed by atoms with Crippen molar-refractivity contribution in [2.75, 3.05) is 0 Å². The van der Waals surface area contributed by atoms with Crippen LogP contribution in [0.15, 0.2) is 59.7 Å². The minimum Gasteiger partial charge on any atom is -0.306 e. The highest BCUT2D eigenvalue weighted by Crippen LogP contribution is 2.37. The van der Waals surface area contributed by atoms with Crippen LogP contribution in [0.1, 0.15) is 18.2 Å². The zero-order valence-corrected chi connectivity index (χ0v) is 17.8. The summed E-state index contributed by atoms with van der Waals surface area (Å²) in [7, 11) is -4.38. The number of rotatable bonds is 5. The summed E-state index contributed by atoms with van der Waals surface area (Å²) in [6.45, 7) is 2.55. The van der Waals surface area contributed by atoms with Crippen LogP contribution in [0, 0.1) is 18.3 Å². The van der Waals surface area contributed by atoms with E-state index in [9.17, 15) is 26.9 Å². The van der Waals surface area contributed by atoms with Crippen LogP contribution in [0.3, 0.4) is 0 Å². The number of nitriles is 1. The standard InChI is InChI=1S/C22H17F3N4O2S/c1-13-10-18-19(11-26)21(29(16-4-3-5-16)20(18)12-27-13)15-6-8-17(9-7-15)32(30,31)28-14(2)22(23,24)25/h3-10,12,14,28H,1-2H3. The van der Waals surface area contributed by atoms with Crippen LogP contribution in [-0.2, 0) is 10.0 Å². The third-order valence-corrected chi connectivity index (χ3v) is 6.71. The molecule has 10 heteroatoms. The maximum atomic E-state index is 12.8. The lowest BCUT2D eigenvalue weighted by molar-refractivity contribution is -0.147. The molecule has 0 spiro atoms. The molecule has 1 unspecified atom stereocenters. The van der Waals surface area contributed by atoms with Crippen molar-refractivity contribution in [1.82, 2.24) is 14.3 Å². The van der Waals surface area contributed by atoms with Gasteiger partial charge in [-0.2, -0.15) is 23.2 Å². The monoisotopic (exact) mass is 458 g/mol. The number of allylic oxidation sites excluding steroid dienone is 4. The van der Waals surface area contributed by atoms with E-state index in [1.165, 1.54) is 24.3 Å². The van der Waals surface area contributed by atoms with Gasteiger partial charge in [0.1, 0.15) is 12.1 Å².